The topological polar surface area (TPSA) is 17.3 Å². The van der Waals surface area contributed by atoms with Gasteiger partial charge >= 0.3 is 6.18 Å². The molecule has 1 heterocycles. The van der Waals surface area contributed by atoms with E-state index in [1.54, 1.807) is 12.3 Å². The first-order chi connectivity index (χ1) is 13.0. The zero-order valence-electron chi connectivity index (χ0n) is 14.7. The third-order valence-electron chi connectivity index (χ3n) is 4.65. The number of halogens is 3. The van der Waals surface area contributed by atoms with E-state index in [1.165, 1.54) is 11.6 Å². The molecule has 27 heavy (non-hydrogen) atoms. The maximum Gasteiger partial charge on any atom is 0.416 e. The van der Waals surface area contributed by atoms with Crippen LogP contribution in [-0.4, -0.2) is 10.8 Å². The molecule has 4 aromatic rings. The van der Waals surface area contributed by atoms with Gasteiger partial charge < -0.3 is 4.57 Å². The Bertz CT molecular complexity index is 1150. The highest BCUT2D eigenvalue weighted by Crippen LogP contribution is 2.32. The molecule has 0 radical (unpaired) electrons. The largest absolute Gasteiger partial charge is 0.416 e. The van der Waals surface area contributed by atoms with Gasteiger partial charge in [-0.05, 0) is 48.9 Å². The summed E-state index contributed by atoms with van der Waals surface area (Å²) in [5.74, 6) is 0. The number of alkyl halides is 3. The van der Waals surface area contributed by atoms with Gasteiger partial charge in [-0.25, -0.2) is 0 Å². The number of nitrogens with zero attached hydrogens (tertiary/aromatic N) is 2. The lowest BCUT2D eigenvalue weighted by atomic mass is 10.1. The number of aliphatic imine (C=N–C) groups is 1. The molecule has 2 nitrogen and oxygen atoms in total. The molecule has 0 N–H and O–H groups in total. The van der Waals surface area contributed by atoms with Gasteiger partial charge in [0.05, 0.1) is 11.3 Å². The molecule has 0 aliphatic rings. The minimum atomic E-state index is -4.37. The Kier molecular flexibility index (Phi) is 4.22. The number of aryl methyl sites for hydroxylation is 1. The van der Waals surface area contributed by atoms with Crippen LogP contribution >= 0.6 is 0 Å². The summed E-state index contributed by atoms with van der Waals surface area (Å²) in [6, 6.07) is 19.2. The van der Waals surface area contributed by atoms with Crippen LogP contribution in [0.1, 0.15) is 18.1 Å². The molecule has 0 bridgehead atoms. The molecule has 1 aromatic heterocycles. The summed E-state index contributed by atoms with van der Waals surface area (Å²) >= 11 is 0. The molecule has 4 rings (SSSR count). The van der Waals surface area contributed by atoms with Crippen LogP contribution < -0.4 is 0 Å². The van der Waals surface area contributed by atoms with E-state index in [-0.39, 0.29) is 5.69 Å². The third-order valence-corrected chi connectivity index (χ3v) is 4.65. The normalized spacial score (nSPS) is 12.4. The molecule has 0 spiro atoms. The van der Waals surface area contributed by atoms with E-state index in [0.29, 0.717) is 0 Å². The van der Waals surface area contributed by atoms with E-state index in [1.807, 2.05) is 30.3 Å². The number of aromatic nitrogens is 1. The lowest BCUT2D eigenvalue weighted by Gasteiger charge is -2.06. The Labute approximate surface area is 154 Å². The summed E-state index contributed by atoms with van der Waals surface area (Å²) in [6.45, 7) is 2.97. The Balaban J connectivity index is 1.75. The molecule has 0 saturated heterocycles. The van der Waals surface area contributed by atoms with Crippen molar-refractivity contribution in [2.45, 2.75) is 19.6 Å². The molecule has 5 heteroatoms. The van der Waals surface area contributed by atoms with E-state index in [0.717, 1.165) is 40.5 Å². The average molecular weight is 366 g/mol. The van der Waals surface area contributed by atoms with Crippen molar-refractivity contribution in [1.82, 2.24) is 4.57 Å². The Hall–Kier alpha value is -3.08. The molecule has 136 valence electrons. The summed E-state index contributed by atoms with van der Waals surface area (Å²) in [7, 11) is 0. The van der Waals surface area contributed by atoms with E-state index in [4.69, 9.17) is 0 Å². The molecular formula is C22H17F3N2. The highest BCUT2D eigenvalue weighted by atomic mass is 19.4. The second-order valence-corrected chi connectivity index (χ2v) is 6.34. The van der Waals surface area contributed by atoms with Gasteiger partial charge in [0, 0.05) is 34.6 Å². The van der Waals surface area contributed by atoms with Crippen molar-refractivity contribution in [3.63, 3.8) is 0 Å². The Morgan fingerprint density at radius 3 is 2.44 bits per heavy atom. The van der Waals surface area contributed by atoms with Crippen LogP contribution in [0.3, 0.4) is 0 Å². The molecular weight excluding hydrogens is 349 g/mol. The van der Waals surface area contributed by atoms with Gasteiger partial charge in [0.15, 0.2) is 0 Å². The zero-order valence-corrected chi connectivity index (χ0v) is 14.7. The fraction of sp³-hybridized carbons (Fsp3) is 0.136. The van der Waals surface area contributed by atoms with Crippen molar-refractivity contribution in [1.29, 1.82) is 0 Å². The van der Waals surface area contributed by atoms with Crippen LogP contribution in [0.4, 0.5) is 18.9 Å². The Morgan fingerprint density at radius 1 is 0.889 bits per heavy atom. The average Bonchev–Trinajstić information content (AvgIpc) is 2.99. The van der Waals surface area contributed by atoms with Crippen molar-refractivity contribution in [3.05, 3.63) is 77.9 Å². The second kappa shape index (κ2) is 6.58. The summed E-state index contributed by atoms with van der Waals surface area (Å²) in [6.07, 6.45) is -2.76. The van der Waals surface area contributed by atoms with Crippen LogP contribution in [0, 0.1) is 0 Å². The van der Waals surface area contributed by atoms with Crippen molar-refractivity contribution >= 4 is 33.7 Å². The third kappa shape index (κ3) is 3.21. The molecule has 0 saturated carbocycles. The van der Waals surface area contributed by atoms with E-state index < -0.39 is 11.7 Å². The molecule has 0 unspecified atom stereocenters. The number of hydrogen-bond donors (Lipinski definition) is 0. The summed E-state index contributed by atoms with van der Waals surface area (Å²) < 4.78 is 40.8. The summed E-state index contributed by atoms with van der Waals surface area (Å²) in [5.41, 5.74) is 2.73. The molecule has 0 aliphatic carbocycles. The highest BCUT2D eigenvalue weighted by molar-refractivity contribution is 6.09. The van der Waals surface area contributed by atoms with Gasteiger partial charge in [0.25, 0.3) is 0 Å². The van der Waals surface area contributed by atoms with Crippen molar-refractivity contribution < 1.29 is 13.2 Å². The lowest BCUT2D eigenvalue weighted by Crippen LogP contribution is -2.03. The fourth-order valence-electron chi connectivity index (χ4n) is 3.40. The van der Waals surface area contributed by atoms with Crippen LogP contribution in [-0.2, 0) is 12.7 Å². The summed E-state index contributed by atoms with van der Waals surface area (Å²) in [4.78, 5) is 4.23. The standard InChI is InChI=1S/C22H17F3N2/c1-2-27-20-9-4-3-8-18(20)19-12-15(10-11-21(19)27)14-26-17-7-5-6-16(13-17)22(23,24)25/h3-14H,2H2,1H3. The number of para-hydroxylation sites is 1. The molecule has 0 amide bonds. The Morgan fingerprint density at radius 2 is 1.67 bits per heavy atom. The quantitative estimate of drug-likeness (QED) is 0.364. The summed E-state index contributed by atoms with van der Waals surface area (Å²) in [5, 5.41) is 2.27. The maximum absolute atomic E-state index is 12.8. The van der Waals surface area contributed by atoms with Gasteiger partial charge in [0.2, 0.25) is 0 Å². The highest BCUT2D eigenvalue weighted by Gasteiger charge is 2.30. The number of fused-ring (bicyclic) bond motifs is 3. The smallest absolute Gasteiger partial charge is 0.341 e. The van der Waals surface area contributed by atoms with Crippen LogP contribution in [0.2, 0.25) is 0 Å². The molecule has 0 atom stereocenters. The van der Waals surface area contributed by atoms with Gasteiger partial charge in [-0.2, -0.15) is 13.2 Å². The van der Waals surface area contributed by atoms with Crippen LogP contribution in [0.25, 0.3) is 21.8 Å². The van der Waals surface area contributed by atoms with Gasteiger partial charge in [-0.3, -0.25) is 4.99 Å². The van der Waals surface area contributed by atoms with Gasteiger partial charge in [0.1, 0.15) is 0 Å². The van der Waals surface area contributed by atoms with Gasteiger partial charge in [-0.15, -0.1) is 0 Å². The van der Waals surface area contributed by atoms with E-state index in [2.05, 4.69) is 28.6 Å². The first-order valence-corrected chi connectivity index (χ1v) is 8.69. The van der Waals surface area contributed by atoms with E-state index >= 15 is 0 Å². The van der Waals surface area contributed by atoms with Crippen molar-refractivity contribution in [3.8, 4) is 0 Å². The van der Waals surface area contributed by atoms with Crippen molar-refractivity contribution in [2.24, 2.45) is 4.99 Å². The second-order valence-electron chi connectivity index (χ2n) is 6.34. The zero-order chi connectivity index (χ0) is 19.0. The monoisotopic (exact) mass is 366 g/mol. The maximum atomic E-state index is 12.8. The number of benzene rings is 3. The predicted molar refractivity (Wildman–Crippen MR) is 104 cm³/mol. The van der Waals surface area contributed by atoms with Crippen LogP contribution in [0.5, 0.6) is 0 Å². The molecule has 3 aromatic carbocycles. The lowest BCUT2D eigenvalue weighted by molar-refractivity contribution is -0.137. The fourth-order valence-corrected chi connectivity index (χ4v) is 3.40. The number of rotatable bonds is 3. The van der Waals surface area contributed by atoms with Crippen molar-refractivity contribution in [2.75, 3.05) is 0 Å². The molecule has 0 fully saturated rings. The van der Waals surface area contributed by atoms with E-state index in [9.17, 15) is 13.2 Å². The van der Waals surface area contributed by atoms with Gasteiger partial charge in [-0.1, -0.05) is 30.3 Å². The first-order valence-electron chi connectivity index (χ1n) is 8.69. The molecule has 0 aliphatic heterocycles. The SMILES string of the molecule is CCn1c2ccccc2c2cc(C=Nc3cccc(C(F)(F)F)c3)ccc21. The minimum Gasteiger partial charge on any atom is -0.341 e. The van der Waals surface area contributed by atoms with Crippen LogP contribution in [0.15, 0.2) is 71.7 Å². The minimum absolute atomic E-state index is 0.279. The first kappa shape index (κ1) is 17.3. The predicted octanol–water partition coefficient (Wildman–Crippen LogP) is 6.58. The number of hydrogen-bond acceptors (Lipinski definition) is 1.